The second kappa shape index (κ2) is 4.54. The molecule has 84 valence electrons. The molecule has 4 nitrogen and oxygen atoms in total. The standard InChI is InChI=1S/C8H10F2N2O2S/c9-8(10)15(13,14)12-7-4-2-1-3-6(7)5-11/h1-4,8,12H,5,11H2. The molecule has 0 fully saturated rings. The fourth-order valence-electron chi connectivity index (χ4n) is 0.996. The number of hydrogen-bond donors (Lipinski definition) is 2. The van der Waals surface area contributed by atoms with E-state index in [1.807, 2.05) is 0 Å². The van der Waals surface area contributed by atoms with E-state index in [1.54, 1.807) is 16.9 Å². The van der Waals surface area contributed by atoms with Crippen LogP contribution >= 0.6 is 0 Å². The Morgan fingerprint density at radius 3 is 2.47 bits per heavy atom. The summed E-state index contributed by atoms with van der Waals surface area (Å²) < 4.78 is 47.6. The van der Waals surface area contributed by atoms with Gasteiger partial charge in [0.05, 0.1) is 5.69 Å². The van der Waals surface area contributed by atoms with E-state index in [4.69, 9.17) is 5.73 Å². The van der Waals surface area contributed by atoms with E-state index in [2.05, 4.69) is 0 Å². The van der Waals surface area contributed by atoms with E-state index in [1.165, 1.54) is 12.1 Å². The summed E-state index contributed by atoms with van der Waals surface area (Å²) in [5.74, 6) is -3.46. The summed E-state index contributed by atoms with van der Waals surface area (Å²) >= 11 is 0. The first-order chi connectivity index (χ1) is 6.97. The van der Waals surface area contributed by atoms with Gasteiger partial charge in [-0.2, -0.15) is 8.78 Å². The van der Waals surface area contributed by atoms with Gasteiger partial charge in [0.2, 0.25) is 0 Å². The first-order valence-electron chi connectivity index (χ1n) is 4.05. The zero-order chi connectivity index (χ0) is 11.5. The van der Waals surface area contributed by atoms with Crippen LogP contribution in [0.3, 0.4) is 0 Å². The summed E-state index contributed by atoms with van der Waals surface area (Å²) in [6, 6.07) is 6.11. The zero-order valence-electron chi connectivity index (χ0n) is 7.65. The summed E-state index contributed by atoms with van der Waals surface area (Å²) in [6.45, 7) is 0.0714. The van der Waals surface area contributed by atoms with E-state index in [0.29, 0.717) is 5.56 Å². The van der Waals surface area contributed by atoms with Crippen LogP contribution in [0.4, 0.5) is 14.5 Å². The minimum atomic E-state index is -4.62. The highest BCUT2D eigenvalue weighted by atomic mass is 32.2. The monoisotopic (exact) mass is 236 g/mol. The third kappa shape index (κ3) is 2.87. The molecule has 1 rings (SSSR count). The van der Waals surface area contributed by atoms with Crippen LogP contribution in [0.5, 0.6) is 0 Å². The third-order valence-electron chi connectivity index (χ3n) is 1.72. The largest absolute Gasteiger partial charge is 0.355 e. The number of para-hydroxylation sites is 1. The minimum Gasteiger partial charge on any atom is -0.326 e. The molecule has 0 bridgehead atoms. The lowest BCUT2D eigenvalue weighted by Gasteiger charge is -2.10. The fourth-order valence-corrected chi connectivity index (χ4v) is 1.59. The average Bonchev–Trinajstić information content (AvgIpc) is 2.18. The molecule has 1 aromatic carbocycles. The summed E-state index contributed by atoms with van der Waals surface area (Å²) in [5.41, 5.74) is 5.87. The first kappa shape index (κ1) is 11.9. The van der Waals surface area contributed by atoms with Gasteiger partial charge in [-0.3, -0.25) is 4.72 Å². The van der Waals surface area contributed by atoms with Crippen molar-refractivity contribution in [3.8, 4) is 0 Å². The number of nitrogens with one attached hydrogen (secondary N) is 1. The normalized spacial score (nSPS) is 11.7. The Morgan fingerprint density at radius 2 is 1.93 bits per heavy atom. The maximum absolute atomic E-state index is 12.1. The van der Waals surface area contributed by atoms with Crippen LogP contribution in [0.25, 0.3) is 0 Å². The van der Waals surface area contributed by atoms with Crippen molar-refractivity contribution < 1.29 is 17.2 Å². The van der Waals surface area contributed by atoms with Crippen molar-refractivity contribution in [3.63, 3.8) is 0 Å². The van der Waals surface area contributed by atoms with Crippen LogP contribution in [0.1, 0.15) is 5.56 Å². The highest BCUT2D eigenvalue weighted by molar-refractivity contribution is 7.93. The van der Waals surface area contributed by atoms with Gasteiger partial charge in [0.15, 0.2) is 0 Å². The molecule has 7 heteroatoms. The molecule has 0 spiro atoms. The number of anilines is 1. The Bertz CT molecular complexity index is 434. The number of benzene rings is 1. The van der Waals surface area contributed by atoms with Gasteiger partial charge < -0.3 is 5.73 Å². The molecule has 0 aliphatic carbocycles. The Hall–Kier alpha value is -1.21. The predicted molar refractivity (Wildman–Crippen MR) is 52.9 cm³/mol. The maximum atomic E-state index is 12.1. The Morgan fingerprint density at radius 1 is 1.33 bits per heavy atom. The van der Waals surface area contributed by atoms with Gasteiger partial charge in [0.25, 0.3) is 10.0 Å². The van der Waals surface area contributed by atoms with E-state index in [9.17, 15) is 17.2 Å². The molecule has 0 saturated carbocycles. The van der Waals surface area contributed by atoms with Crippen molar-refractivity contribution in [2.45, 2.75) is 12.3 Å². The Kier molecular flexibility index (Phi) is 3.59. The number of nitrogens with two attached hydrogens (primary N) is 1. The fraction of sp³-hybridized carbons (Fsp3) is 0.250. The molecular weight excluding hydrogens is 226 g/mol. The third-order valence-corrected chi connectivity index (χ3v) is 2.70. The van der Waals surface area contributed by atoms with Crippen LogP contribution in [-0.4, -0.2) is 14.2 Å². The van der Waals surface area contributed by atoms with E-state index in [0.717, 1.165) is 0 Å². The van der Waals surface area contributed by atoms with E-state index < -0.39 is 15.8 Å². The smallest absolute Gasteiger partial charge is 0.326 e. The first-order valence-corrected chi connectivity index (χ1v) is 5.60. The van der Waals surface area contributed by atoms with E-state index in [-0.39, 0.29) is 12.2 Å². The number of hydrogen-bond acceptors (Lipinski definition) is 3. The van der Waals surface area contributed by atoms with Crippen LogP contribution in [-0.2, 0) is 16.6 Å². The Balaban J connectivity index is 3.00. The van der Waals surface area contributed by atoms with Crippen molar-refractivity contribution in [1.29, 1.82) is 0 Å². The van der Waals surface area contributed by atoms with Crippen molar-refractivity contribution in [2.24, 2.45) is 5.73 Å². The van der Waals surface area contributed by atoms with Crippen molar-refractivity contribution >= 4 is 15.7 Å². The lowest BCUT2D eigenvalue weighted by Crippen LogP contribution is -2.21. The van der Waals surface area contributed by atoms with Crippen molar-refractivity contribution in [1.82, 2.24) is 0 Å². The minimum absolute atomic E-state index is 0.0714. The van der Waals surface area contributed by atoms with Gasteiger partial charge >= 0.3 is 5.76 Å². The molecule has 0 aliphatic rings. The summed E-state index contributed by atoms with van der Waals surface area (Å²) in [6.07, 6.45) is 0. The quantitative estimate of drug-likeness (QED) is 0.822. The zero-order valence-corrected chi connectivity index (χ0v) is 8.47. The van der Waals surface area contributed by atoms with Crippen LogP contribution in [0, 0.1) is 0 Å². The number of rotatable bonds is 4. The number of halogens is 2. The van der Waals surface area contributed by atoms with Crippen LogP contribution < -0.4 is 10.5 Å². The number of sulfonamides is 1. The van der Waals surface area contributed by atoms with Gasteiger partial charge in [-0.05, 0) is 11.6 Å². The average molecular weight is 236 g/mol. The van der Waals surface area contributed by atoms with Gasteiger partial charge in [-0.1, -0.05) is 18.2 Å². The SMILES string of the molecule is NCc1ccccc1NS(=O)(=O)C(F)F. The van der Waals surface area contributed by atoms with Gasteiger partial charge in [0, 0.05) is 6.54 Å². The molecule has 15 heavy (non-hydrogen) atoms. The molecule has 0 saturated heterocycles. The summed E-state index contributed by atoms with van der Waals surface area (Å²) in [5, 5.41) is 0. The van der Waals surface area contributed by atoms with Crippen LogP contribution in [0.2, 0.25) is 0 Å². The van der Waals surface area contributed by atoms with Crippen molar-refractivity contribution in [2.75, 3.05) is 4.72 Å². The predicted octanol–water partition coefficient (Wildman–Crippen LogP) is 1.11. The topological polar surface area (TPSA) is 72.2 Å². The maximum Gasteiger partial charge on any atom is 0.355 e. The molecule has 0 atom stereocenters. The molecule has 0 amide bonds. The van der Waals surface area contributed by atoms with Gasteiger partial charge in [-0.25, -0.2) is 8.42 Å². The van der Waals surface area contributed by atoms with Crippen molar-refractivity contribution in [3.05, 3.63) is 29.8 Å². The molecule has 3 N–H and O–H groups in total. The number of alkyl halides is 2. The molecule has 0 radical (unpaired) electrons. The molecule has 0 heterocycles. The summed E-state index contributed by atoms with van der Waals surface area (Å²) in [4.78, 5) is 0. The lowest BCUT2D eigenvalue weighted by molar-refractivity contribution is 0.236. The lowest BCUT2D eigenvalue weighted by atomic mass is 10.2. The highest BCUT2D eigenvalue weighted by Crippen LogP contribution is 2.18. The highest BCUT2D eigenvalue weighted by Gasteiger charge is 2.24. The second-order valence-corrected chi connectivity index (χ2v) is 4.42. The molecule has 1 aromatic rings. The second-order valence-electron chi connectivity index (χ2n) is 2.77. The van der Waals surface area contributed by atoms with Gasteiger partial charge in [0.1, 0.15) is 0 Å². The van der Waals surface area contributed by atoms with E-state index >= 15 is 0 Å². The molecule has 0 aromatic heterocycles. The molecule has 0 unspecified atom stereocenters. The molecule has 0 aliphatic heterocycles. The van der Waals surface area contributed by atoms with Crippen LogP contribution in [0.15, 0.2) is 24.3 Å². The molecular formula is C8H10F2N2O2S. The summed E-state index contributed by atoms with van der Waals surface area (Å²) in [7, 11) is -4.62. The van der Waals surface area contributed by atoms with Gasteiger partial charge in [-0.15, -0.1) is 0 Å². The Labute approximate surface area is 86.1 Å².